The van der Waals surface area contributed by atoms with E-state index in [0.29, 0.717) is 13.2 Å². The molecule has 0 saturated carbocycles. The quantitative estimate of drug-likeness (QED) is 0.502. The first-order chi connectivity index (χ1) is 13.9. The molecule has 1 fully saturated rings. The first kappa shape index (κ1) is 19.9. The van der Waals surface area contributed by atoms with Crippen LogP contribution < -0.4 is 10.6 Å². The molecular weight excluding hydrogens is 382 g/mol. The predicted molar refractivity (Wildman–Crippen MR) is 116 cm³/mol. The van der Waals surface area contributed by atoms with E-state index in [1.165, 1.54) is 0 Å². The Hall–Kier alpha value is -2.41. The van der Waals surface area contributed by atoms with Crippen LogP contribution in [0.25, 0.3) is 5.70 Å². The lowest BCUT2D eigenvalue weighted by molar-refractivity contribution is 0.0532. The third kappa shape index (κ3) is 4.01. The number of nitrogens with one attached hydrogen (secondary N) is 2. The molecule has 0 radical (unpaired) electrons. The lowest BCUT2D eigenvalue weighted by Crippen LogP contribution is -2.60. The summed E-state index contributed by atoms with van der Waals surface area (Å²) in [6.07, 6.45) is 10.2. The number of fused-ring (bicyclic) bond motifs is 1. The van der Waals surface area contributed by atoms with E-state index in [1.54, 1.807) is 6.34 Å². The van der Waals surface area contributed by atoms with Crippen molar-refractivity contribution in [2.45, 2.75) is 43.8 Å². The molecule has 2 N–H and O–H groups in total. The largest absolute Gasteiger partial charge is 0.361 e. The Morgan fingerprint density at radius 1 is 1.38 bits per heavy atom. The standard InChI is InChI=1S/C20H29N7OSi/c1-29(2,3)9-8-28-15-26-7-4-17-18(23-14-24-19(17)26)16-10-25-27(11-16)20(5-6-21)12-22-13-20/h4,7,10-11,14,19,22H,5,8-9,12-13,15H2,1-3H3,(H,23,24). The molecule has 4 heterocycles. The van der Waals surface area contributed by atoms with Crippen LogP contribution in [0.4, 0.5) is 0 Å². The number of hydrogen-bond acceptors (Lipinski definition) is 7. The maximum Gasteiger partial charge on any atom is 0.152 e. The van der Waals surface area contributed by atoms with E-state index >= 15 is 0 Å². The number of aliphatic imine (C=N–C) groups is 1. The van der Waals surface area contributed by atoms with Crippen LogP contribution >= 0.6 is 0 Å². The average molecular weight is 412 g/mol. The Bertz CT molecular complexity index is 885. The van der Waals surface area contributed by atoms with Gasteiger partial charge >= 0.3 is 0 Å². The second-order valence-corrected chi connectivity index (χ2v) is 14.8. The Balaban J connectivity index is 1.46. The van der Waals surface area contributed by atoms with Crippen molar-refractivity contribution in [3.05, 3.63) is 35.8 Å². The highest BCUT2D eigenvalue weighted by Crippen LogP contribution is 2.32. The summed E-state index contributed by atoms with van der Waals surface area (Å²) in [6.45, 7) is 9.95. The maximum absolute atomic E-state index is 9.19. The Morgan fingerprint density at radius 2 is 2.21 bits per heavy atom. The lowest BCUT2D eigenvalue weighted by atomic mass is 9.89. The Kier molecular flexibility index (Phi) is 5.33. The van der Waals surface area contributed by atoms with Crippen molar-refractivity contribution in [1.29, 1.82) is 5.26 Å². The number of ether oxygens (including phenoxy) is 1. The lowest BCUT2D eigenvalue weighted by Gasteiger charge is -2.41. The summed E-state index contributed by atoms with van der Waals surface area (Å²) >= 11 is 0. The van der Waals surface area contributed by atoms with Crippen LogP contribution in [0, 0.1) is 11.3 Å². The molecule has 1 atom stereocenters. The molecule has 0 aliphatic carbocycles. The van der Waals surface area contributed by atoms with E-state index < -0.39 is 8.07 Å². The van der Waals surface area contributed by atoms with Crippen LogP contribution in [-0.4, -0.2) is 61.7 Å². The van der Waals surface area contributed by atoms with Gasteiger partial charge in [-0.05, 0) is 12.1 Å². The second kappa shape index (κ2) is 7.78. The van der Waals surface area contributed by atoms with Gasteiger partial charge in [0.25, 0.3) is 0 Å². The fourth-order valence-corrected chi connectivity index (χ4v) is 4.47. The van der Waals surface area contributed by atoms with Gasteiger partial charge in [-0.1, -0.05) is 19.6 Å². The second-order valence-electron chi connectivity index (χ2n) is 9.14. The van der Waals surface area contributed by atoms with Crippen molar-refractivity contribution < 1.29 is 4.74 Å². The van der Waals surface area contributed by atoms with E-state index in [-0.39, 0.29) is 11.7 Å². The molecular formula is C20H29N7OSi. The zero-order valence-electron chi connectivity index (χ0n) is 17.4. The fraction of sp³-hybridized carbons (Fsp3) is 0.550. The van der Waals surface area contributed by atoms with Crippen molar-refractivity contribution in [3.63, 3.8) is 0 Å². The van der Waals surface area contributed by atoms with E-state index in [0.717, 1.165) is 42.6 Å². The zero-order valence-corrected chi connectivity index (χ0v) is 18.4. The van der Waals surface area contributed by atoms with Gasteiger partial charge in [0, 0.05) is 51.3 Å². The van der Waals surface area contributed by atoms with Crippen molar-refractivity contribution >= 4 is 20.1 Å². The van der Waals surface area contributed by atoms with Crippen molar-refractivity contribution in [2.24, 2.45) is 4.99 Å². The van der Waals surface area contributed by atoms with E-state index in [1.807, 2.05) is 17.1 Å². The van der Waals surface area contributed by atoms with Gasteiger partial charge in [-0.2, -0.15) is 10.4 Å². The van der Waals surface area contributed by atoms with Crippen molar-refractivity contribution in [1.82, 2.24) is 25.3 Å². The van der Waals surface area contributed by atoms with Gasteiger partial charge in [-0.3, -0.25) is 4.68 Å². The number of rotatable bonds is 8. The molecule has 0 spiro atoms. The van der Waals surface area contributed by atoms with Crippen LogP contribution in [0.2, 0.25) is 25.7 Å². The van der Waals surface area contributed by atoms with Gasteiger partial charge in [0.2, 0.25) is 0 Å². The summed E-state index contributed by atoms with van der Waals surface area (Å²) < 4.78 is 7.86. The Morgan fingerprint density at radius 3 is 2.90 bits per heavy atom. The van der Waals surface area contributed by atoms with Gasteiger partial charge in [0.05, 0.1) is 30.7 Å². The molecule has 29 heavy (non-hydrogen) atoms. The van der Waals surface area contributed by atoms with Crippen molar-refractivity contribution in [3.8, 4) is 6.07 Å². The summed E-state index contributed by atoms with van der Waals surface area (Å²) in [5, 5.41) is 20.3. The smallest absolute Gasteiger partial charge is 0.152 e. The fourth-order valence-electron chi connectivity index (χ4n) is 3.71. The molecule has 1 unspecified atom stereocenters. The molecule has 3 aliphatic rings. The maximum atomic E-state index is 9.19. The summed E-state index contributed by atoms with van der Waals surface area (Å²) in [4.78, 5) is 6.73. The van der Waals surface area contributed by atoms with Gasteiger partial charge in [0.15, 0.2) is 6.17 Å². The van der Waals surface area contributed by atoms with Crippen LogP contribution in [0.5, 0.6) is 0 Å². The molecule has 1 aromatic rings. The van der Waals surface area contributed by atoms with Gasteiger partial charge < -0.3 is 20.3 Å². The molecule has 0 bridgehead atoms. The third-order valence-corrected chi connectivity index (χ3v) is 7.37. The van der Waals surface area contributed by atoms with E-state index in [4.69, 9.17) is 4.74 Å². The first-order valence-electron chi connectivity index (χ1n) is 10.1. The highest BCUT2D eigenvalue weighted by molar-refractivity contribution is 6.76. The SMILES string of the molecule is C[Si](C)(C)CCOCN1C=CC2=C(c3cnn(C4(CC#N)CNC4)c3)NC=NC21. The summed E-state index contributed by atoms with van der Waals surface area (Å²) in [6, 6.07) is 3.45. The monoisotopic (exact) mass is 411 g/mol. The normalized spacial score (nSPS) is 22.3. The molecule has 3 aliphatic heterocycles. The molecule has 8 nitrogen and oxygen atoms in total. The highest BCUT2D eigenvalue weighted by atomic mass is 28.3. The number of aromatic nitrogens is 2. The Labute approximate surface area is 172 Å². The van der Waals surface area contributed by atoms with Crippen LogP contribution in [0.1, 0.15) is 12.0 Å². The van der Waals surface area contributed by atoms with Gasteiger partial charge in [0.1, 0.15) is 12.3 Å². The first-order valence-corrected chi connectivity index (χ1v) is 13.8. The summed E-state index contributed by atoms with van der Waals surface area (Å²) in [5.74, 6) is 0. The molecule has 0 aromatic carbocycles. The molecule has 1 saturated heterocycles. The van der Waals surface area contributed by atoms with Crippen LogP contribution in [-0.2, 0) is 10.3 Å². The zero-order chi connectivity index (χ0) is 20.5. The minimum absolute atomic E-state index is 0.0695. The average Bonchev–Trinajstić information content (AvgIpc) is 3.28. The topological polar surface area (TPSA) is 90.5 Å². The van der Waals surface area contributed by atoms with E-state index in [9.17, 15) is 5.26 Å². The summed E-state index contributed by atoms with van der Waals surface area (Å²) in [7, 11) is -1.09. The molecule has 9 heteroatoms. The van der Waals surface area contributed by atoms with Gasteiger partial charge in [-0.15, -0.1) is 0 Å². The van der Waals surface area contributed by atoms with Gasteiger partial charge in [-0.25, -0.2) is 4.99 Å². The van der Waals surface area contributed by atoms with Crippen LogP contribution in [0.3, 0.4) is 0 Å². The number of hydrogen-bond donors (Lipinski definition) is 2. The number of nitriles is 1. The third-order valence-electron chi connectivity index (χ3n) is 5.66. The number of nitrogens with zero attached hydrogens (tertiary/aromatic N) is 5. The van der Waals surface area contributed by atoms with Crippen molar-refractivity contribution in [2.75, 3.05) is 26.4 Å². The summed E-state index contributed by atoms with van der Waals surface area (Å²) in [5.41, 5.74) is 2.90. The highest BCUT2D eigenvalue weighted by Gasteiger charge is 2.40. The molecule has 154 valence electrons. The molecule has 4 rings (SSSR count). The van der Waals surface area contributed by atoms with Crippen LogP contribution in [0.15, 0.2) is 35.2 Å². The minimum Gasteiger partial charge on any atom is -0.361 e. The molecule has 0 amide bonds. The van der Waals surface area contributed by atoms with E-state index in [2.05, 4.69) is 63.6 Å². The predicted octanol–water partition coefficient (Wildman–Crippen LogP) is 1.91. The minimum atomic E-state index is -1.09. The molecule has 1 aromatic heterocycles.